The molecule has 0 atom stereocenters. The van der Waals surface area contributed by atoms with E-state index in [0.29, 0.717) is 12.3 Å². The lowest BCUT2D eigenvalue weighted by Crippen LogP contribution is -2.02. The molecule has 20 heavy (non-hydrogen) atoms. The Balaban J connectivity index is 1.90. The van der Waals surface area contributed by atoms with Gasteiger partial charge < -0.3 is 10.5 Å². The molecule has 1 aromatic carbocycles. The van der Waals surface area contributed by atoms with Crippen LogP contribution >= 0.6 is 15.9 Å². The summed E-state index contributed by atoms with van der Waals surface area (Å²) in [5, 5.41) is 0. The summed E-state index contributed by atoms with van der Waals surface area (Å²) in [5.41, 5.74) is 8.55. The van der Waals surface area contributed by atoms with Crippen molar-refractivity contribution in [3.8, 4) is 5.75 Å². The fourth-order valence-corrected chi connectivity index (χ4v) is 2.60. The Hall–Kier alpha value is -2.01. The van der Waals surface area contributed by atoms with E-state index in [1.54, 1.807) is 0 Å². The van der Waals surface area contributed by atoms with E-state index < -0.39 is 0 Å². The average molecular weight is 332 g/mol. The number of hydrogen-bond acceptors (Lipinski definition) is 3. The zero-order chi connectivity index (χ0) is 14.1. The molecular weight excluding hydrogens is 318 g/mol. The number of ether oxygens (including phenoxy) is 1. The molecule has 2 aromatic heterocycles. The molecule has 0 radical (unpaired) electrons. The molecule has 0 saturated heterocycles. The zero-order valence-corrected chi connectivity index (χ0v) is 12.6. The Kier molecular flexibility index (Phi) is 3.36. The Labute approximate surface area is 125 Å². The lowest BCUT2D eigenvalue weighted by atomic mass is 10.2. The first-order valence-electron chi connectivity index (χ1n) is 6.25. The minimum Gasteiger partial charge on any atom is -0.485 e. The van der Waals surface area contributed by atoms with Crippen LogP contribution in [-0.2, 0) is 6.61 Å². The third-order valence-corrected chi connectivity index (χ3v) is 3.73. The largest absolute Gasteiger partial charge is 0.485 e. The van der Waals surface area contributed by atoms with Gasteiger partial charge in [0.2, 0.25) is 0 Å². The van der Waals surface area contributed by atoms with E-state index >= 15 is 0 Å². The van der Waals surface area contributed by atoms with Crippen LogP contribution in [0, 0.1) is 6.92 Å². The maximum absolute atomic E-state index is 5.84. The highest BCUT2D eigenvalue weighted by molar-refractivity contribution is 9.10. The Morgan fingerprint density at radius 2 is 2.10 bits per heavy atom. The van der Waals surface area contributed by atoms with Gasteiger partial charge in [-0.25, -0.2) is 4.98 Å². The van der Waals surface area contributed by atoms with Crippen molar-refractivity contribution in [1.29, 1.82) is 0 Å². The van der Waals surface area contributed by atoms with E-state index in [1.165, 1.54) is 0 Å². The van der Waals surface area contributed by atoms with Crippen LogP contribution in [0.15, 0.2) is 47.2 Å². The highest BCUT2D eigenvalue weighted by atomic mass is 79.9. The molecule has 2 N–H and O–H groups in total. The minimum absolute atomic E-state index is 0.404. The quantitative estimate of drug-likeness (QED) is 0.798. The number of para-hydroxylation sites is 1. The molecule has 0 bridgehead atoms. The van der Waals surface area contributed by atoms with Crippen LogP contribution in [0.2, 0.25) is 0 Å². The number of nitrogen functional groups attached to an aromatic ring is 1. The lowest BCUT2D eigenvalue weighted by Gasteiger charge is -2.08. The number of imidazole rings is 1. The van der Waals surface area contributed by atoms with Crippen LogP contribution in [0.5, 0.6) is 5.75 Å². The summed E-state index contributed by atoms with van der Waals surface area (Å²) >= 11 is 3.45. The fraction of sp³-hybridized carbons (Fsp3) is 0.133. The molecule has 3 aromatic rings. The second-order valence-corrected chi connectivity index (χ2v) is 5.34. The molecule has 0 unspecified atom stereocenters. The Morgan fingerprint density at radius 1 is 1.30 bits per heavy atom. The summed E-state index contributed by atoms with van der Waals surface area (Å²) in [6.45, 7) is 2.43. The maximum Gasteiger partial charge on any atom is 0.152 e. The lowest BCUT2D eigenvalue weighted by molar-refractivity contribution is 0.293. The van der Waals surface area contributed by atoms with Gasteiger partial charge >= 0.3 is 0 Å². The van der Waals surface area contributed by atoms with Gasteiger partial charge in [0.25, 0.3) is 0 Å². The Bertz CT molecular complexity index is 767. The number of nitrogens with two attached hydrogens (primary N) is 1. The minimum atomic E-state index is 0.404. The molecule has 0 spiro atoms. The summed E-state index contributed by atoms with van der Waals surface area (Å²) in [4.78, 5) is 4.47. The third kappa shape index (κ3) is 2.36. The standard InChI is InChI=1S/C15H14BrN3O/c1-10-4-2-3-5-13(10)20-9-14-18-15(16)12-8-11(17)6-7-19(12)14/h2-8H,9,17H2,1H3. The van der Waals surface area contributed by atoms with E-state index in [4.69, 9.17) is 10.5 Å². The number of fused-ring (bicyclic) bond motifs is 1. The molecule has 0 saturated carbocycles. The predicted molar refractivity (Wildman–Crippen MR) is 82.8 cm³/mol. The van der Waals surface area contributed by atoms with Gasteiger partial charge in [-0.15, -0.1) is 0 Å². The number of anilines is 1. The summed E-state index contributed by atoms with van der Waals surface area (Å²) in [6, 6.07) is 11.7. The van der Waals surface area contributed by atoms with Crippen LogP contribution in [-0.4, -0.2) is 9.38 Å². The van der Waals surface area contributed by atoms with Gasteiger partial charge in [-0.3, -0.25) is 4.40 Å². The third-order valence-electron chi connectivity index (χ3n) is 3.15. The molecule has 0 amide bonds. The van der Waals surface area contributed by atoms with E-state index in [2.05, 4.69) is 20.9 Å². The molecule has 0 aliphatic rings. The van der Waals surface area contributed by atoms with E-state index in [-0.39, 0.29) is 0 Å². The van der Waals surface area contributed by atoms with Crippen molar-refractivity contribution in [2.75, 3.05) is 5.73 Å². The van der Waals surface area contributed by atoms with Crippen molar-refractivity contribution in [3.63, 3.8) is 0 Å². The van der Waals surface area contributed by atoms with Crippen molar-refractivity contribution in [3.05, 3.63) is 58.6 Å². The van der Waals surface area contributed by atoms with Gasteiger partial charge in [-0.1, -0.05) is 18.2 Å². The number of rotatable bonds is 3. The predicted octanol–water partition coefficient (Wildman–Crippen LogP) is 3.57. The van der Waals surface area contributed by atoms with Crippen LogP contribution in [0.3, 0.4) is 0 Å². The number of halogens is 1. The first-order valence-corrected chi connectivity index (χ1v) is 7.05. The smallest absolute Gasteiger partial charge is 0.152 e. The van der Waals surface area contributed by atoms with E-state index in [1.807, 2.05) is 53.9 Å². The van der Waals surface area contributed by atoms with Gasteiger partial charge in [0.1, 0.15) is 17.0 Å². The number of aromatic nitrogens is 2. The van der Waals surface area contributed by atoms with Gasteiger partial charge in [-0.2, -0.15) is 0 Å². The van der Waals surface area contributed by atoms with Crippen molar-refractivity contribution in [2.24, 2.45) is 0 Å². The van der Waals surface area contributed by atoms with Gasteiger partial charge in [0.15, 0.2) is 5.82 Å². The molecule has 102 valence electrons. The first kappa shape index (κ1) is 13.0. The van der Waals surface area contributed by atoms with E-state index in [9.17, 15) is 0 Å². The van der Waals surface area contributed by atoms with Gasteiger partial charge in [-0.05, 0) is 46.6 Å². The summed E-state index contributed by atoms with van der Waals surface area (Å²) in [5.74, 6) is 1.70. The van der Waals surface area contributed by atoms with Crippen LogP contribution in [0.25, 0.3) is 5.52 Å². The van der Waals surface area contributed by atoms with Crippen molar-refractivity contribution < 1.29 is 4.74 Å². The number of nitrogens with zero attached hydrogens (tertiary/aromatic N) is 2. The number of aryl methyl sites for hydroxylation is 1. The average Bonchev–Trinajstić information content (AvgIpc) is 2.74. The summed E-state index contributed by atoms with van der Waals surface area (Å²) in [6.07, 6.45) is 1.90. The highest BCUT2D eigenvalue weighted by Gasteiger charge is 2.10. The monoisotopic (exact) mass is 331 g/mol. The summed E-state index contributed by atoms with van der Waals surface area (Å²) < 4.78 is 8.58. The van der Waals surface area contributed by atoms with Crippen LogP contribution < -0.4 is 10.5 Å². The molecule has 2 heterocycles. The molecular formula is C15H14BrN3O. The normalized spacial score (nSPS) is 10.9. The first-order chi connectivity index (χ1) is 9.65. The topological polar surface area (TPSA) is 52.5 Å². The molecule has 0 fully saturated rings. The van der Waals surface area contributed by atoms with Gasteiger partial charge in [0.05, 0.1) is 5.52 Å². The van der Waals surface area contributed by atoms with Crippen molar-refractivity contribution in [2.45, 2.75) is 13.5 Å². The van der Waals surface area contributed by atoms with E-state index in [0.717, 1.165) is 27.3 Å². The second kappa shape index (κ2) is 5.17. The Morgan fingerprint density at radius 3 is 2.90 bits per heavy atom. The number of pyridine rings is 1. The zero-order valence-electron chi connectivity index (χ0n) is 11.0. The molecule has 5 heteroatoms. The van der Waals surface area contributed by atoms with Gasteiger partial charge in [0, 0.05) is 11.9 Å². The fourth-order valence-electron chi connectivity index (χ4n) is 2.09. The highest BCUT2D eigenvalue weighted by Crippen LogP contribution is 2.23. The second-order valence-electron chi connectivity index (χ2n) is 4.59. The molecule has 0 aliphatic carbocycles. The summed E-state index contributed by atoms with van der Waals surface area (Å²) in [7, 11) is 0. The molecule has 4 nitrogen and oxygen atoms in total. The van der Waals surface area contributed by atoms with Crippen molar-refractivity contribution >= 4 is 27.1 Å². The maximum atomic E-state index is 5.84. The van der Waals surface area contributed by atoms with Crippen LogP contribution in [0.4, 0.5) is 5.69 Å². The number of hydrogen-bond donors (Lipinski definition) is 1. The SMILES string of the molecule is Cc1ccccc1OCc1nc(Br)c2cc(N)ccn12. The molecule has 0 aliphatic heterocycles. The molecule has 3 rings (SSSR count). The van der Waals surface area contributed by atoms with Crippen LogP contribution in [0.1, 0.15) is 11.4 Å². The number of benzene rings is 1. The van der Waals surface area contributed by atoms with Crippen molar-refractivity contribution in [1.82, 2.24) is 9.38 Å².